The first-order valence-electron chi connectivity index (χ1n) is 8.49. The average molecular weight is 437 g/mol. The van der Waals surface area contributed by atoms with Crippen molar-refractivity contribution in [2.24, 2.45) is 0 Å². The maximum Gasteiger partial charge on any atom is 0.343 e. The van der Waals surface area contributed by atoms with Gasteiger partial charge in [0, 0.05) is 10.0 Å². The molecule has 4 nitrogen and oxygen atoms in total. The van der Waals surface area contributed by atoms with Crippen LogP contribution in [0.25, 0.3) is 6.08 Å². The third kappa shape index (κ3) is 5.18. The molecule has 28 heavy (non-hydrogen) atoms. The van der Waals surface area contributed by atoms with Gasteiger partial charge in [-0.1, -0.05) is 34.1 Å². The summed E-state index contributed by atoms with van der Waals surface area (Å²) in [6, 6.07) is 20.8. The molecule has 0 unspecified atom stereocenters. The van der Waals surface area contributed by atoms with Gasteiger partial charge in [0.25, 0.3) is 0 Å². The Labute approximate surface area is 171 Å². The first kappa shape index (κ1) is 19.6. The molecule has 0 N–H and O–H groups in total. The average Bonchev–Trinajstić information content (AvgIpc) is 2.73. The minimum atomic E-state index is -0.463. The predicted molar refractivity (Wildman–Crippen MR) is 112 cm³/mol. The first-order valence-corrected chi connectivity index (χ1v) is 9.29. The van der Waals surface area contributed by atoms with E-state index in [9.17, 15) is 9.59 Å². The minimum Gasteiger partial charge on any atom is -0.497 e. The molecular formula is C23H17BrO4. The van der Waals surface area contributed by atoms with Crippen molar-refractivity contribution in [1.82, 2.24) is 0 Å². The van der Waals surface area contributed by atoms with E-state index >= 15 is 0 Å². The van der Waals surface area contributed by atoms with E-state index in [1.807, 2.05) is 18.2 Å². The van der Waals surface area contributed by atoms with Gasteiger partial charge >= 0.3 is 5.97 Å². The van der Waals surface area contributed by atoms with E-state index in [4.69, 9.17) is 9.47 Å². The summed E-state index contributed by atoms with van der Waals surface area (Å²) in [7, 11) is 1.56. The van der Waals surface area contributed by atoms with Crippen molar-refractivity contribution in [3.05, 3.63) is 100 Å². The van der Waals surface area contributed by atoms with Crippen molar-refractivity contribution in [1.29, 1.82) is 0 Å². The number of benzene rings is 3. The number of ketones is 1. The second kappa shape index (κ2) is 9.15. The Hall–Kier alpha value is -3.18. The predicted octanol–water partition coefficient (Wildman–Crippen LogP) is 5.57. The molecular weight excluding hydrogens is 420 g/mol. The molecule has 3 rings (SSSR count). The van der Waals surface area contributed by atoms with E-state index in [0.717, 1.165) is 10.0 Å². The lowest BCUT2D eigenvalue weighted by atomic mass is 10.1. The van der Waals surface area contributed by atoms with Crippen LogP contribution in [0.4, 0.5) is 0 Å². The molecule has 0 aliphatic rings. The number of rotatable bonds is 6. The van der Waals surface area contributed by atoms with Gasteiger partial charge in [-0.25, -0.2) is 4.79 Å². The number of halogens is 1. The van der Waals surface area contributed by atoms with Gasteiger partial charge in [0.15, 0.2) is 5.78 Å². The van der Waals surface area contributed by atoms with Crippen molar-refractivity contribution < 1.29 is 19.1 Å². The topological polar surface area (TPSA) is 52.6 Å². The van der Waals surface area contributed by atoms with Gasteiger partial charge < -0.3 is 9.47 Å². The fourth-order valence-corrected chi connectivity index (χ4v) is 2.72. The molecule has 3 aromatic rings. The van der Waals surface area contributed by atoms with E-state index < -0.39 is 5.97 Å². The Balaban J connectivity index is 1.68. The Morgan fingerprint density at radius 3 is 2.21 bits per heavy atom. The second-order valence-corrected chi connectivity index (χ2v) is 6.81. The normalized spacial score (nSPS) is 10.6. The number of allylic oxidation sites excluding steroid dienone is 1. The van der Waals surface area contributed by atoms with Crippen molar-refractivity contribution in [2.75, 3.05) is 7.11 Å². The van der Waals surface area contributed by atoms with Crippen LogP contribution in [0.15, 0.2) is 83.3 Å². The fraction of sp³-hybridized carbons (Fsp3) is 0.0435. The summed E-state index contributed by atoms with van der Waals surface area (Å²) < 4.78 is 11.4. The summed E-state index contributed by atoms with van der Waals surface area (Å²) in [5, 5.41) is 0. The monoisotopic (exact) mass is 436 g/mol. The molecule has 0 bridgehead atoms. The van der Waals surface area contributed by atoms with E-state index in [-0.39, 0.29) is 5.78 Å². The van der Waals surface area contributed by atoms with Crippen molar-refractivity contribution in [3.63, 3.8) is 0 Å². The Morgan fingerprint density at radius 1 is 0.857 bits per heavy atom. The summed E-state index contributed by atoms with van der Waals surface area (Å²) in [5.41, 5.74) is 1.78. The highest BCUT2D eigenvalue weighted by molar-refractivity contribution is 9.10. The lowest BCUT2D eigenvalue weighted by Crippen LogP contribution is -2.08. The van der Waals surface area contributed by atoms with Crippen LogP contribution in [0.1, 0.15) is 26.3 Å². The molecule has 0 radical (unpaired) electrons. The third-order valence-corrected chi connectivity index (χ3v) is 4.48. The van der Waals surface area contributed by atoms with Gasteiger partial charge in [-0.05, 0) is 72.3 Å². The zero-order valence-electron chi connectivity index (χ0n) is 15.1. The number of hydrogen-bond donors (Lipinski definition) is 0. The maximum atomic E-state index is 12.3. The summed E-state index contributed by atoms with van der Waals surface area (Å²) in [6.45, 7) is 0. The third-order valence-electron chi connectivity index (χ3n) is 3.95. The molecule has 0 atom stereocenters. The summed E-state index contributed by atoms with van der Waals surface area (Å²) in [4.78, 5) is 24.5. The van der Waals surface area contributed by atoms with Crippen LogP contribution < -0.4 is 9.47 Å². The number of ether oxygens (including phenoxy) is 2. The van der Waals surface area contributed by atoms with Crippen LogP contribution >= 0.6 is 15.9 Å². The van der Waals surface area contributed by atoms with Gasteiger partial charge in [-0.15, -0.1) is 0 Å². The lowest BCUT2D eigenvalue weighted by molar-refractivity contribution is 0.0734. The molecule has 0 aliphatic carbocycles. The minimum absolute atomic E-state index is 0.104. The molecule has 0 heterocycles. The van der Waals surface area contributed by atoms with Crippen LogP contribution in [0.5, 0.6) is 11.5 Å². The summed E-state index contributed by atoms with van der Waals surface area (Å²) in [5.74, 6) is 0.501. The van der Waals surface area contributed by atoms with E-state index in [1.165, 1.54) is 6.08 Å². The first-order chi connectivity index (χ1) is 13.5. The molecule has 3 aromatic carbocycles. The van der Waals surface area contributed by atoms with Gasteiger partial charge in [0.1, 0.15) is 11.5 Å². The molecule has 0 aromatic heterocycles. The molecule has 0 amide bonds. The fourth-order valence-electron chi connectivity index (χ4n) is 2.46. The Kier molecular flexibility index (Phi) is 6.40. The molecule has 0 saturated heterocycles. The van der Waals surface area contributed by atoms with Crippen molar-refractivity contribution in [3.8, 4) is 11.5 Å². The highest BCUT2D eigenvalue weighted by Gasteiger charge is 2.09. The quantitative estimate of drug-likeness (QED) is 0.219. The Morgan fingerprint density at radius 2 is 1.54 bits per heavy atom. The number of carbonyl (C=O) groups excluding carboxylic acids is 2. The number of methoxy groups -OCH3 is 1. The lowest BCUT2D eigenvalue weighted by Gasteiger charge is -2.06. The largest absolute Gasteiger partial charge is 0.497 e. The summed E-state index contributed by atoms with van der Waals surface area (Å²) >= 11 is 3.34. The van der Waals surface area contributed by atoms with E-state index in [1.54, 1.807) is 67.8 Å². The number of hydrogen-bond acceptors (Lipinski definition) is 4. The Bertz CT molecular complexity index is 1010. The number of carbonyl (C=O) groups is 2. The SMILES string of the molecule is COc1ccc(C(=O)Oc2cccc(/C=C/C(=O)c3ccc(Br)cc3)c2)cc1. The highest BCUT2D eigenvalue weighted by atomic mass is 79.9. The van der Waals surface area contributed by atoms with Gasteiger partial charge in [0.05, 0.1) is 12.7 Å². The van der Waals surface area contributed by atoms with Crippen LogP contribution in [0, 0.1) is 0 Å². The van der Waals surface area contributed by atoms with Gasteiger partial charge in [-0.2, -0.15) is 0 Å². The molecule has 0 spiro atoms. The molecule has 0 fully saturated rings. The zero-order chi connectivity index (χ0) is 19.9. The molecule has 0 saturated carbocycles. The van der Waals surface area contributed by atoms with Crippen LogP contribution in [0.2, 0.25) is 0 Å². The summed E-state index contributed by atoms with van der Waals surface area (Å²) in [6.07, 6.45) is 3.18. The van der Waals surface area contributed by atoms with E-state index in [0.29, 0.717) is 22.6 Å². The standard InChI is InChI=1S/C23H17BrO4/c1-27-20-12-8-18(9-13-20)23(26)28-21-4-2-3-16(15-21)5-14-22(25)17-6-10-19(24)11-7-17/h2-15H,1H3/b14-5+. The second-order valence-electron chi connectivity index (χ2n) is 5.89. The van der Waals surface area contributed by atoms with Gasteiger partial charge in [-0.3, -0.25) is 4.79 Å². The van der Waals surface area contributed by atoms with Crippen molar-refractivity contribution >= 4 is 33.8 Å². The molecule has 5 heteroatoms. The van der Waals surface area contributed by atoms with Crippen LogP contribution in [-0.4, -0.2) is 18.9 Å². The number of esters is 1. The smallest absolute Gasteiger partial charge is 0.343 e. The maximum absolute atomic E-state index is 12.3. The zero-order valence-corrected chi connectivity index (χ0v) is 16.7. The highest BCUT2D eigenvalue weighted by Crippen LogP contribution is 2.18. The van der Waals surface area contributed by atoms with Crippen LogP contribution in [0.3, 0.4) is 0 Å². The molecule has 140 valence electrons. The van der Waals surface area contributed by atoms with Crippen LogP contribution in [-0.2, 0) is 0 Å². The van der Waals surface area contributed by atoms with E-state index in [2.05, 4.69) is 15.9 Å². The van der Waals surface area contributed by atoms with Gasteiger partial charge in [0.2, 0.25) is 0 Å². The molecule has 0 aliphatic heterocycles. The van der Waals surface area contributed by atoms with Crippen molar-refractivity contribution in [2.45, 2.75) is 0 Å².